The molecule has 2 aliphatic rings. The van der Waals surface area contributed by atoms with E-state index in [1.807, 2.05) is 41.3 Å². The minimum absolute atomic E-state index is 0. The zero-order valence-electron chi connectivity index (χ0n) is 14.1. The normalized spacial score (nSPS) is 17.6. The Morgan fingerprint density at radius 3 is 2.50 bits per heavy atom. The van der Waals surface area contributed by atoms with E-state index >= 15 is 0 Å². The fourth-order valence-electron chi connectivity index (χ4n) is 3.53. The number of amides is 1. The van der Waals surface area contributed by atoms with Crippen molar-refractivity contribution in [2.45, 2.75) is 18.5 Å². The zero-order chi connectivity index (χ0) is 17.4. The molecule has 1 amide bonds. The summed E-state index contributed by atoms with van der Waals surface area (Å²) in [6.45, 7) is 1.14. The fraction of sp³-hybridized carbons (Fsp3) is 0.263. The van der Waals surface area contributed by atoms with E-state index in [2.05, 4.69) is 10.3 Å². The Labute approximate surface area is 157 Å². The maximum absolute atomic E-state index is 14.0. The van der Waals surface area contributed by atoms with Crippen LogP contribution in [0.2, 0.25) is 0 Å². The van der Waals surface area contributed by atoms with Crippen LogP contribution in [0.3, 0.4) is 0 Å². The second-order valence-electron chi connectivity index (χ2n) is 6.47. The summed E-state index contributed by atoms with van der Waals surface area (Å²) >= 11 is 0. The monoisotopic (exact) mass is 374 g/mol. The van der Waals surface area contributed by atoms with Crippen LogP contribution in [-0.4, -0.2) is 35.4 Å². The van der Waals surface area contributed by atoms with Crippen LogP contribution >= 0.6 is 12.4 Å². The van der Waals surface area contributed by atoms with Gasteiger partial charge in [-0.2, -0.15) is 0 Å². The van der Waals surface area contributed by atoms with Crippen LogP contribution in [0, 0.1) is 5.82 Å². The lowest BCUT2D eigenvalue weighted by Gasteiger charge is -2.42. The maximum Gasteiger partial charge on any atom is 0.253 e. The lowest BCUT2D eigenvalue weighted by atomic mass is 9.93. The number of halogens is 2. The standard InChI is InChI=1S/C19H19FN4O.ClH/c20-14-7-4-8-15-16(14)17(21)23-19(22-15)9-11-24(12-10-19)18(25)13-5-2-1-3-6-13;/h1-8,22H,9-12H2,(H2,21,23);1H. The number of nitrogens with zero attached hydrogens (tertiary/aromatic N) is 2. The molecule has 0 aliphatic carbocycles. The Hall–Kier alpha value is -2.60. The molecule has 1 saturated heterocycles. The van der Waals surface area contributed by atoms with Crippen LogP contribution < -0.4 is 11.1 Å². The van der Waals surface area contributed by atoms with Gasteiger partial charge < -0.3 is 16.0 Å². The van der Waals surface area contributed by atoms with Gasteiger partial charge in [-0.05, 0) is 24.3 Å². The predicted molar refractivity (Wildman–Crippen MR) is 102 cm³/mol. The third-order valence-corrected chi connectivity index (χ3v) is 4.87. The van der Waals surface area contributed by atoms with Crippen LogP contribution in [0.15, 0.2) is 53.5 Å². The molecule has 0 saturated carbocycles. The molecular weight excluding hydrogens is 355 g/mol. The number of nitrogens with one attached hydrogen (secondary N) is 1. The van der Waals surface area contributed by atoms with Crippen molar-refractivity contribution < 1.29 is 9.18 Å². The molecule has 5 nitrogen and oxygen atoms in total. The summed E-state index contributed by atoms with van der Waals surface area (Å²) < 4.78 is 14.0. The molecular formula is C19H20ClFN4O. The number of hydrogen-bond acceptors (Lipinski definition) is 4. The number of hydrogen-bond donors (Lipinski definition) is 2. The highest BCUT2D eigenvalue weighted by atomic mass is 35.5. The minimum Gasteiger partial charge on any atom is -0.383 e. The van der Waals surface area contributed by atoms with Crippen molar-refractivity contribution in [2.75, 3.05) is 18.4 Å². The smallest absolute Gasteiger partial charge is 0.253 e. The Morgan fingerprint density at radius 2 is 1.81 bits per heavy atom. The molecule has 136 valence electrons. The average Bonchev–Trinajstić information content (AvgIpc) is 2.62. The summed E-state index contributed by atoms with van der Waals surface area (Å²) in [5.74, 6) is -0.137. The number of likely N-dealkylation sites (tertiary alicyclic amines) is 1. The van der Waals surface area contributed by atoms with E-state index in [9.17, 15) is 9.18 Å². The van der Waals surface area contributed by atoms with Gasteiger partial charge >= 0.3 is 0 Å². The molecule has 4 rings (SSSR count). The van der Waals surface area contributed by atoms with Gasteiger partial charge in [0.05, 0.1) is 5.56 Å². The average molecular weight is 375 g/mol. The molecule has 7 heteroatoms. The highest BCUT2D eigenvalue weighted by Gasteiger charge is 2.39. The number of aliphatic imine (C=N–C) groups is 1. The second-order valence-corrected chi connectivity index (χ2v) is 6.47. The highest BCUT2D eigenvalue weighted by Crippen LogP contribution is 2.35. The van der Waals surface area contributed by atoms with Crippen molar-refractivity contribution in [1.82, 2.24) is 4.90 Å². The molecule has 0 bridgehead atoms. The molecule has 0 radical (unpaired) electrons. The van der Waals surface area contributed by atoms with Gasteiger partial charge in [-0.15, -0.1) is 12.4 Å². The van der Waals surface area contributed by atoms with Crippen LogP contribution in [0.1, 0.15) is 28.8 Å². The first-order valence-electron chi connectivity index (χ1n) is 8.35. The van der Waals surface area contributed by atoms with Gasteiger partial charge in [-0.1, -0.05) is 24.3 Å². The molecule has 2 aliphatic heterocycles. The first kappa shape index (κ1) is 18.2. The lowest BCUT2D eigenvalue weighted by Crippen LogP contribution is -2.52. The summed E-state index contributed by atoms with van der Waals surface area (Å²) in [5, 5.41) is 3.34. The first-order chi connectivity index (χ1) is 12.1. The number of carbonyl (C=O) groups is 1. The second kappa shape index (κ2) is 6.96. The molecule has 26 heavy (non-hydrogen) atoms. The van der Waals surface area contributed by atoms with Crippen molar-refractivity contribution in [2.24, 2.45) is 10.7 Å². The fourth-order valence-corrected chi connectivity index (χ4v) is 3.53. The van der Waals surface area contributed by atoms with Gasteiger partial charge in [0.1, 0.15) is 17.3 Å². The molecule has 0 aromatic heterocycles. The number of fused-ring (bicyclic) bond motifs is 1. The Kier molecular flexibility index (Phi) is 4.87. The van der Waals surface area contributed by atoms with Crippen molar-refractivity contribution in [3.63, 3.8) is 0 Å². The molecule has 0 unspecified atom stereocenters. The van der Waals surface area contributed by atoms with Crippen molar-refractivity contribution in [3.8, 4) is 0 Å². The number of piperidine rings is 1. The van der Waals surface area contributed by atoms with Crippen LogP contribution in [-0.2, 0) is 0 Å². The number of nitrogens with two attached hydrogens (primary N) is 1. The summed E-state index contributed by atoms with van der Waals surface area (Å²) in [5.41, 5.74) is 7.13. The summed E-state index contributed by atoms with van der Waals surface area (Å²) in [6.07, 6.45) is 1.25. The Bertz CT molecular complexity index is 848. The quantitative estimate of drug-likeness (QED) is 0.806. The van der Waals surface area contributed by atoms with Crippen LogP contribution in [0.5, 0.6) is 0 Å². The number of benzene rings is 2. The van der Waals surface area contributed by atoms with Crippen LogP contribution in [0.4, 0.5) is 10.1 Å². The largest absolute Gasteiger partial charge is 0.383 e. The summed E-state index contributed by atoms with van der Waals surface area (Å²) in [6, 6.07) is 14.1. The first-order valence-corrected chi connectivity index (χ1v) is 8.35. The van der Waals surface area contributed by atoms with Crippen molar-refractivity contribution >= 4 is 29.8 Å². The highest BCUT2D eigenvalue weighted by molar-refractivity contribution is 6.04. The lowest BCUT2D eigenvalue weighted by molar-refractivity contribution is 0.0685. The van der Waals surface area contributed by atoms with Crippen molar-refractivity contribution in [1.29, 1.82) is 0 Å². The zero-order valence-corrected chi connectivity index (χ0v) is 14.9. The Morgan fingerprint density at radius 1 is 1.12 bits per heavy atom. The molecule has 3 N–H and O–H groups in total. The molecule has 0 atom stereocenters. The van der Waals surface area contributed by atoms with E-state index in [0.717, 1.165) is 0 Å². The minimum atomic E-state index is -0.571. The van der Waals surface area contributed by atoms with E-state index < -0.39 is 5.66 Å². The van der Waals surface area contributed by atoms with E-state index in [0.29, 0.717) is 42.7 Å². The van der Waals surface area contributed by atoms with E-state index in [-0.39, 0.29) is 30.0 Å². The topological polar surface area (TPSA) is 70.7 Å². The number of amidine groups is 1. The number of anilines is 1. The van der Waals surface area contributed by atoms with Crippen molar-refractivity contribution in [3.05, 3.63) is 65.5 Å². The summed E-state index contributed by atoms with van der Waals surface area (Å²) in [4.78, 5) is 18.9. The van der Waals surface area contributed by atoms with Gasteiger partial charge in [0.25, 0.3) is 5.91 Å². The van der Waals surface area contributed by atoms with Gasteiger partial charge in [-0.3, -0.25) is 4.79 Å². The number of carbonyl (C=O) groups excluding carboxylic acids is 1. The number of rotatable bonds is 1. The van der Waals surface area contributed by atoms with Gasteiger partial charge in [0.15, 0.2) is 0 Å². The molecule has 1 fully saturated rings. The van der Waals surface area contributed by atoms with Gasteiger partial charge in [0.2, 0.25) is 0 Å². The van der Waals surface area contributed by atoms with E-state index in [1.54, 1.807) is 6.07 Å². The third-order valence-electron chi connectivity index (χ3n) is 4.87. The van der Waals surface area contributed by atoms with Gasteiger partial charge in [0, 0.05) is 37.2 Å². The SMILES string of the molecule is Cl.NC1=NC2(CCN(C(=O)c3ccccc3)CC2)Nc2cccc(F)c21. The van der Waals surface area contributed by atoms with E-state index in [1.165, 1.54) is 6.07 Å². The molecule has 2 heterocycles. The maximum atomic E-state index is 14.0. The molecule has 2 aromatic carbocycles. The third kappa shape index (κ3) is 3.12. The van der Waals surface area contributed by atoms with Gasteiger partial charge in [-0.25, -0.2) is 9.38 Å². The Balaban J connectivity index is 0.00000196. The van der Waals surface area contributed by atoms with E-state index in [4.69, 9.17) is 5.73 Å². The summed E-state index contributed by atoms with van der Waals surface area (Å²) in [7, 11) is 0. The molecule has 1 spiro atoms. The van der Waals surface area contributed by atoms with Crippen LogP contribution in [0.25, 0.3) is 0 Å². The molecule has 2 aromatic rings. The predicted octanol–water partition coefficient (Wildman–Crippen LogP) is 3.01.